The third-order valence-corrected chi connectivity index (χ3v) is 10.2. The van der Waals surface area contributed by atoms with Crippen molar-refractivity contribution in [2.45, 2.75) is 18.1 Å². The van der Waals surface area contributed by atoms with E-state index in [1.807, 2.05) is 11.3 Å². The highest BCUT2D eigenvalue weighted by Crippen LogP contribution is 2.59. The smallest absolute Gasteiger partial charge is 0.0798 e. The molecule has 0 fully saturated rings. The van der Waals surface area contributed by atoms with Crippen LogP contribution in [0.25, 0.3) is 31.4 Å². The number of thiophene rings is 1. The standard InChI is InChI=1S/C36H26N2S/c1-2-10-23(11-3-1)24-19-21-38-31(22-24)33-29(18-17-28-26-13-6-7-16-32(26)39-36(28)33)35(38)34-27-14-5-4-12-25(27)30-15-8-9-20-37(30)34/h1-19,21-22,31,34-35H,20H2/t31?,34-,35+/m1/s1. The first-order valence-electron chi connectivity index (χ1n) is 13.8. The van der Waals surface area contributed by atoms with Crippen LogP contribution < -0.4 is 0 Å². The summed E-state index contributed by atoms with van der Waals surface area (Å²) in [6, 6.07) is 34.2. The second kappa shape index (κ2) is 8.08. The molecular weight excluding hydrogens is 492 g/mol. The van der Waals surface area contributed by atoms with E-state index in [4.69, 9.17) is 0 Å². The lowest BCUT2D eigenvalue weighted by Crippen LogP contribution is -2.34. The summed E-state index contributed by atoms with van der Waals surface area (Å²) in [6.07, 6.45) is 14.0. The molecule has 39 heavy (non-hydrogen) atoms. The maximum absolute atomic E-state index is 2.64. The zero-order valence-electron chi connectivity index (χ0n) is 21.4. The van der Waals surface area contributed by atoms with Crippen molar-refractivity contribution in [3.63, 3.8) is 0 Å². The van der Waals surface area contributed by atoms with Crippen molar-refractivity contribution < 1.29 is 0 Å². The van der Waals surface area contributed by atoms with Crippen LogP contribution in [0.4, 0.5) is 0 Å². The zero-order valence-corrected chi connectivity index (χ0v) is 22.2. The molecule has 5 heterocycles. The number of rotatable bonds is 2. The molecule has 4 aliphatic heterocycles. The number of benzene rings is 4. The Kier molecular flexibility index (Phi) is 4.47. The molecule has 9 rings (SSSR count). The molecule has 4 aliphatic rings. The van der Waals surface area contributed by atoms with Crippen LogP contribution in [0.2, 0.25) is 0 Å². The van der Waals surface area contributed by atoms with Crippen molar-refractivity contribution >= 4 is 42.8 Å². The second-order valence-electron chi connectivity index (χ2n) is 10.8. The van der Waals surface area contributed by atoms with E-state index in [0.717, 1.165) is 6.54 Å². The summed E-state index contributed by atoms with van der Waals surface area (Å²) in [5.74, 6) is 0. The van der Waals surface area contributed by atoms with E-state index in [9.17, 15) is 0 Å². The molecule has 0 N–H and O–H groups in total. The van der Waals surface area contributed by atoms with Gasteiger partial charge in [0.05, 0.1) is 18.1 Å². The molecule has 0 saturated carbocycles. The molecule has 1 aromatic heterocycles. The van der Waals surface area contributed by atoms with Crippen molar-refractivity contribution in [2.75, 3.05) is 6.54 Å². The van der Waals surface area contributed by atoms with Gasteiger partial charge in [-0.2, -0.15) is 0 Å². The first-order chi connectivity index (χ1) is 19.4. The fourth-order valence-electron chi connectivity index (χ4n) is 7.31. The van der Waals surface area contributed by atoms with Crippen molar-refractivity contribution in [3.8, 4) is 0 Å². The van der Waals surface area contributed by atoms with E-state index in [2.05, 4.69) is 137 Å². The Labute approximate surface area is 232 Å². The Bertz CT molecular complexity index is 1920. The lowest BCUT2D eigenvalue weighted by atomic mass is 9.91. The molecule has 1 unspecified atom stereocenters. The number of hydrogen-bond donors (Lipinski definition) is 0. The van der Waals surface area contributed by atoms with Crippen LogP contribution in [0.1, 0.15) is 45.9 Å². The summed E-state index contributed by atoms with van der Waals surface area (Å²) >= 11 is 1.96. The molecule has 2 nitrogen and oxygen atoms in total. The predicted octanol–water partition coefficient (Wildman–Crippen LogP) is 9.03. The Balaban J connectivity index is 1.30. The summed E-state index contributed by atoms with van der Waals surface area (Å²) in [5.41, 5.74) is 9.69. The van der Waals surface area contributed by atoms with Crippen molar-refractivity contribution in [1.29, 1.82) is 0 Å². The van der Waals surface area contributed by atoms with Gasteiger partial charge in [-0.1, -0.05) is 97.1 Å². The zero-order chi connectivity index (χ0) is 25.5. The van der Waals surface area contributed by atoms with Gasteiger partial charge in [0.2, 0.25) is 0 Å². The Hall–Kier alpha value is -4.34. The lowest BCUT2D eigenvalue weighted by Gasteiger charge is -2.39. The maximum atomic E-state index is 2.64. The van der Waals surface area contributed by atoms with Gasteiger partial charge in [-0.25, -0.2) is 0 Å². The molecule has 186 valence electrons. The first kappa shape index (κ1) is 21.6. The van der Waals surface area contributed by atoms with Gasteiger partial charge >= 0.3 is 0 Å². The topological polar surface area (TPSA) is 6.48 Å². The van der Waals surface area contributed by atoms with E-state index < -0.39 is 0 Å². The highest BCUT2D eigenvalue weighted by atomic mass is 32.1. The number of nitrogens with zero attached hydrogens (tertiary/aromatic N) is 2. The normalized spacial score (nSPS) is 22.5. The number of fused-ring (bicyclic) bond motifs is 10. The van der Waals surface area contributed by atoms with Crippen molar-refractivity contribution in [2.24, 2.45) is 0 Å². The fourth-order valence-corrected chi connectivity index (χ4v) is 8.60. The highest BCUT2D eigenvalue weighted by Gasteiger charge is 2.48. The maximum Gasteiger partial charge on any atom is 0.0798 e. The molecule has 0 radical (unpaired) electrons. The molecule has 0 bridgehead atoms. The van der Waals surface area contributed by atoms with Gasteiger partial charge in [-0.05, 0) is 46.6 Å². The van der Waals surface area contributed by atoms with Gasteiger partial charge < -0.3 is 9.80 Å². The highest BCUT2D eigenvalue weighted by molar-refractivity contribution is 7.26. The van der Waals surface area contributed by atoms with Crippen LogP contribution in [-0.2, 0) is 0 Å². The Morgan fingerprint density at radius 3 is 2.54 bits per heavy atom. The summed E-state index contributed by atoms with van der Waals surface area (Å²) in [4.78, 5) is 5.27. The van der Waals surface area contributed by atoms with Crippen molar-refractivity contribution in [3.05, 3.63) is 155 Å². The van der Waals surface area contributed by atoms with Crippen LogP contribution in [0.15, 0.2) is 128 Å². The van der Waals surface area contributed by atoms with Gasteiger partial charge in [0.1, 0.15) is 0 Å². The fraction of sp³-hybridized carbons (Fsp3) is 0.111. The van der Waals surface area contributed by atoms with Crippen LogP contribution >= 0.6 is 11.3 Å². The Morgan fingerprint density at radius 1 is 0.744 bits per heavy atom. The molecule has 0 spiro atoms. The molecule has 4 aromatic carbocycles. The van der Waals surface area contributed by atoms with E-state index in [0.29, 0.717) is 0 Å². The number of hydrogen-bond acceptors (Lipinski definition) is 3. The minimum Gasteiger partial charge on any atom is -0.358 e. The van der Waals surface area contributed by atoms with Gasteiger partial charge in [0, 0.05) is 49.7 Å². The monoisotopic (exact) mass is 518 g/mol. The van der Waals surface area contributed by atoms with Crippen LogP contribution in [0, 0.1) is 0 Å². The molecule has 5 aromatic rings. The summed E-state index contributed by atoms with van der Waals surface area (Å²) in [6.45, 7) is 0.940. The second-order valence-corrected chi connectivity index (χ2v) is 11.9. The van der Waals surface area contributed by atoms with Gasteiger partial charge in [-0.3, -0.25) is 0 Å². The third-order valence-electron chi connectivity index (χ3n) is 8.94. The minimum absolute atomic E-state index is 0.197. The van der Waals surface area contributed by atoms with Gasteiger partial charge in [0.25, 0.3) is 0 Å². The summed E-state index contributed by atoms with van der Waals surface area (Å²) in [7, 11) is 0. The van der Waals surface area contributed by atoms with E-state index in [1.165, 1.54) is 59.3 Å². The molecule has 0 amide bonds. The first-order valence-corrected chi connectivity index (χ1v) is 14.6. The average Bonchev–Trinajstić information content (AvgIpc) is 3.64. The third kappa shape index (κ3) is 2.97. The van der Waals surface area contributed by atoms with Gasteiger partial charge in [0.15, 0.2) is 0 Å². The number of allylic oxidation sites excluding steroid dienone is 4. The van der Waals surface area contributed by atoms with Crippen molar-refractivity contribution in [1.82, 2.24) is 9.80 Å². The lowest BCUT2D eigenvalue weighted by molar-refractivity contribution is 0.165. The minimum atomic E-state index is 0.197. The van der Waals surface area contributed by atoms with Crippen LogP contribution in [-0.4, -0.2) is 16.3 Å². The summed E-state index contributed by atoms with van der Waals surface area (Å²) in [5, 5.41) is 2.75. The van der Waals surface area contributed by atoms with E-state index in [-0.39, 0.29) is 18.1 Å². The molecule has 0 aliphatic carbocycles. The van der Waals surface area contributed by atoms with E-state index in [1.54, 1.807) is 0 Å². The molecule has 0 saturated heterocycles. The summed E-state index contributed by atoms with van der Waals surface area (Å²) < 4.78 is 2.80. The van der Waals surface area contributed by atoms with Crippen LogP contribution in [0.3, 0.4) is 0 Å². The average molecular weight is 519 g/mol. The van der Waals surface area contributed by atoms with E-state index >= 15 is 0 Å². The molecule has 3 atom stereocenters. The molecule has 3 heteroatoms. The quantitative estimate of drug-likeness (QED) is 0.230. The molecular formula is C36H26N2S. The Morgan fingerprint density at radius 2 is 1.59 bits per heavy atom. The largest absolute Gasteiger partial charge is 0.358 e. The predicted molar refractivity (Wildman–Crippen MR) is 163 cm³/mol. The van der Waals surface area contributed by atoms with Crippen LogP contribution in [0.5, 0.6) is 0 Å². The van der Waals surface area contributed by atoms with Gasteiger partial charge in [-0.15, -0.1) is 11.3 Å². The SMILES string of the molecule is C1=CCN2C(=C1)c1ccccc1[C@@H]2[C@@H]1c2ccc3c(sc4ccccc43)c2C2C=C(c3ccccc3)C=CN21.